The minimum Gasteiger partial charge on any atom is -0.389 e. The van der Waals surface area contributed by atoms with Gasteiger partial charge in [-0.25, -0.2) is 0 Å². The molecule has 2 nitrogen and oxygen atoms in total. The normalized spacial score (nSPS) is 19.8. The van der Waals surface area contributed by atoms with Crippen molar-refractivity contribution in [2.45, 2.75) is 37.2 Å². The molecule has 0 heterocycles. The zero-order valence-electron chi connectivity index (χ0n) is 11.7. The first-order valence-electron chi connectivity index (χ1n) is 7.15. The molecule has 3 heteroatoms. The Kier molecular flexibility index (Phi) is 5.43. The molecule has 1 saturated carbocycles. The van der Waals surface area contributed by atoms with Gasteiger partial charge in [-0.1, -0.05) is 59.1 Å². The van der Waals surface area contributed by atoms with Crippen LogP contribution in [0.15, 0.2) is 30.3 Å². The first-order valence-corrected chi connectivity index (χ1v) is 8.27. The minimum atomic E-state index is -0.442. The van der Waals surface area contributed by atoms with Crippen molar-refractivity contribution in [3.8, 4) is 0 Å². The Bertz CT molecular complexity index is 376. The molecule has 0 spiro atoms. The molecule has 0 aliphatic heterocycles. The van der Waals surface area contributed by atoms with Crippen LogP contribution in [0.1, 0.15) is 37.2 Å². The van der Waals surface area contributed by atoms with Gasteiger partial charge in [-0.15, -0.1) is 0 Å². The van der Waals surface area contributed by atoms with Gasteiger partial charge in [0.25, 0.3) is 0 Å². The second-order valence-electron chi connectivity index (χ2n) is 5.89. The molecule has 1 unspecified atom stereocenters. The van der Waals surface area contributed by atoms with E-state index in [4.69, 9.17) is 0 Å². The van der Waals surface area contributed by atoms with E-state index in [9.17, 15) is 5.11 Å². The number of halogens is 1. The van der Waals surface area contributed by atoms with Gasteiger partial charge in [0.05, 0.1) is 5.60 Å². The maximum absolute atomic E-state index is 10.5. The summed E-state index contributed by atoms with van der Waals surface area (Å²) in [7, 11) is 2.12. The molecule has 1 aromatic carbocycles. The van der Waals surface area contributed by atoms with Crippen molar-refractivity contribution >= 4 is 15.9 Å². The monoisotopic (exact) mass is 325 g/mol. The van der Waals surface area contributed by atoms with Crippen molar-refractivity contribution in [3.63, 3.8) is 0 Å². The average Bonchev–Trinajstić information content (AvgIpc) is 2.83. The molecule has 0 aromatic heterocycles. The Morgan fingerprint density at radius 3 is 2.47 bits per heavy atom. The highest BCUT2D eigenvalue weighted by Gasteiger charge is 2.32. The SMILES string of the molecule is CN(CC(CBr)c1ccccc1)CC1(O)CCCC1. The molecule has 0 bridgehead atoms. The van der Waals surface area contributed by atoms with Crippen LogP contribution in [0.5, 0.6) is 0 Å². The van der Waals surface area contributed by atoms with Crippen molar-refractivity contribution in [1.29, 1.82) is 0 Å². The third-order valence-corrected chi connectivity index (χ3v) is 4.87. The Labute approximate surface area is 124 Å². The lowest BCUT2D eigenvalue weighted by atomic mass is 9.98. The Morgan fingerprint density at radius 1 is 1.26 bits per heavy atom. The fourth-order valence-electron chi connectivity index (χ4n) is 3.10. The number of benzene rings is 1. The number of nitrogens with zero attached hydrogens (tertiary/aromatic N) is 1. The topological polar surface area (TPSA) is 23.5 Å². The van der Waals surface area contributed by atoms with Gasteiger partial charge in [0.2, 0.25) is 0 Å². The Morgan fingerprint density at radius 2 is 1.89 bits per heavy atom. The first kappa shape index (κ1) is 15.0. The molecule has 1 N–H and O–H groups in total. The second kappa shape index (κ2) is 6.87. The number of rotatable bonds is 6. The van der Waals surface area contributed by atoms with Gasteiger partial charge in [0, 0.05) is 24.3 Å². The largest absolute Gasteiger partial charge is 0.389 e. The molecule has 1 aliphatic rings. The molecular weight excluding hydrogens is 302 g/mol. The summed E-state index contributed by atoms with van der Waals surface area (Å²) < 4.78 is 0. The van der Waals surface area contributed by atoms with Gasteiger partial charge in [-0.05, 0) is 25.5 Å². The van der Waals surface area contributed by atoms with Crippen molar-refractivity contribution in [2.24, 2.45) is 0 Å². The molecule has 1 fully saturated rings. The highest BCUT2D eigenvalue weighted by Crippen LogP contribution is 2.30. The summed E-state index contributed by atoms with van der Waals surface area (Å²) in [6.07, 6.45) is 4.26. The fourth-order valence-corrected chi connectivity index (χ4v) is 3.68. The number of alkyl halides is 1. The summed E-state index contributed by atoms with van der Waals surface area (Å²) in [5.41, 5.74) is 0.923. The number of aliphatic hydroxyl groups is 1. The van der Waals surface area contributed by atoms with E-state index in [-0.39, 0.29) is 0 Å². The summed E-state index contributed by atoms with van der Waals surface area (Å²) in [6, 6.07) is 10.6. The van der Waals surface area contributed by atoms with Gasteiger partial charge in [-0.3, -0.25) is 0 Å². The van der Waals surface area contributed by atoms with Crippen LogP contribution in [0.3, 0.4) is 0 Å². The van der Waals surface area contributed by atoms with E-state index >= 15 is 0 Å². The van der Waals surface area contributed by atoms with E-state index in [1.54, 1.807) is 0 Å². The molecule has 1 atom stereocenters. The zero-order valence-corrected chi connectivity index (χ0v) is 13.3. The van der Waals surface area contributed by atoms with E-state index in [1.807, 2.05) is 0 Å². The van der Waals surface area contributed by atoms with Crippen LogP contribution in [0, 0.1) is 0 Å². The van der Waals surface area contributed by atoms with E-state index in [0.29, 0.717) is 5.92 Å². The standard InChI is InChI=1S/C16H24BrNO/c1-18(13-16(19)9-5-6-10-16)12-15(11-17)14-7-3-2-4-8-14/h2-4,7-8,15,19H,5-6,9-13H2,1H3. The van der Waals surface area contributed by atoms with Gasteiger partial charge in [-0.2, -0.15) is 0 Å². The van der Waals surface area contributed by atoms with Crippen molar-refractivity contribution in [2.75, 3.05) is 25.5 Å². The molecule has 1 aliphatic carbocycles. The quantitative estimate of drug-likeness (QED) is 0.810. The predicted molar refractivity (Wildman–Crippen MR) is 83.9 cm³/mol. The lowest BCUT2D eigenvalue weighted by molar-refractivity contribution is 0.0155. The molecule has 0 saturated heterocycles. The van der Waals surface area contributed by atoms with E-state index in [1.165, 1.54) is 18.4 Å². The zero-order chi connectivity index (χ0) is 13.7. The van der Waals surface area contributed by atoms with Crippen LogP contribution in [0.2, 0.25) is 0 Å². The summed E-state index contributed by atoms with van der Waals surface area (Å²) >= 11 is 3.62. The third-order valence-electron chi connectivity index (χ3n) is 4.09. The predicted octanol–water partition coefficient (Wildman–Crippen LogP) is 3.40. The molecule has 0 radical (unpaired) electrons. The summed E-state index contributed by atoms with van der Waals surface area (Å²) in [6.45, 7) is 1.78. The van der Waals surface area contributed by atoms with Crippen LogP contribution in [0.4, 0.5) is 0 Å². The van der Waals surface area contributed by atoms with Crippen molar-refractivity contribution in [3.05, 3.63) is 35.9 Å². The third kappa shape index (κ3) is 4.30. The van der Waals surface area contributed by atoms with Crippen molar-refractivity contribution in [1.82, 2.24) is 4.90 Å². The Balaban J connectivity index is 1.91. The lowest BCUT2D eigenvalue weighted by Gasteiger charge is -2.30. The maximum Gasteiger partial charge on any atom is 0.0774 e. The van der Waals surface area contributed by atoms with Crippen LogP contribution in [-0.2, 0) is 0 Å². The summed E-state index contributed by atoms with van der Waals surface area (Å²) in [4.78, 5) is 2.28. The number of likely N-dealkylation sites (N-methyl/N-ethyl adjacent to an activating group) is 1. The second-order valence-corrected chi connectivity index (χ2v) is 6.54. The van der Waals surface area contributed by atoms with Crippen LogP contribution in [-0.4, -0.2) is 41.1 Å². The van der Waals surface area contributed by atoms with Gasteiger partial charge < -0.3 is 10.0 Å². The van der Waals surface area contributed by atoms with E-state index < -0.39 is 5.60 Å². The van der Waals surface area contributed by atoms with Gasteiger partial charge in [0.15, 0.2) is 0 Å². The van der Waals surface area contributed by atoms with E-state index in [0.717, 1.165) is 31.3 Å². The minimum absolute atomic E-state index is 0.442. The fraction of sp³-hybridized carbons (Fsp3) is 0.625. The van der Waals surface area contributed by atoms with Crippen molar-refractivity contribution < 1.29 is 5.11 Å². The smallest absolute Gasteiger partial charge is 0.0774 e. The van der Waals surface area contributed by atoms with Gasteiger partial charge >= 0.3 is 0 Å². The summed E-state index contributed by atoms with van der Waals surface area (Å²) in [5, 5.41) is 11.4. The molecule has 2 rings (SSSR count). The van der Waals surface area contributed by atoms with Crippen LogP contribution >= 0.6 is 15.9 Å². The van der Waals surface area contributed by atoms with Crippen LogP contribution in [0.25, 0.3) is 0 Å². The number of hydrogen-bond donors (Lipinski definition) is 1. The number of hydrogen-bond acceptors (Lipinski definition) is 2. The van der Waals surface area contributed by atoms with Crippen LogP contribution < -0.4 is 0 Å². The molecule has 0 amide bonds. The molecule has 19 heavy (non-hydrogen) atoms. The lowest BCUT2D eigenvalue weighted by Crippen LogP contribution is -2.40. The molecule has 106 valence electrons. The maximum atomic E-state index is 10.5. The highest BCUT2D eigenvalue weighted by molar-refractivity contribution is 9.09. The van der Waals surface area contributed by atoms with E-state index in [2.05, 4.69) is 58.2 Å². The summed E-state index contributed by atoms with van der Waals surface area (Å²) in [5.74, 6) is 0.483. The first-order chi connectivity index (χ1) is 9.13. The molecule has 1 aromatic rings. The van der Waals surface area contributed by atoms with Gasteiger partial charge in [0.1, 0.15) is 0 Å². The highest BCUT2D eigenvalue weighted by atomic mass is 79.9. The Hall–Kier alpha value is -0.380. The average molecular weight is 326 g/mol. The molecular formula is C16H24BrNO.